The molecule has 1 aromatic carbocycles. The van der Waals surface area contributed by atoms with Gasteiger partial charge in [-0.05, 0) is 31.7 Å². The number of nitrogens with one attached hydrogen (secondary N) is 1. The average Bonchev–Trinajstić information content (AvgIpc) is 2.71. The number of nitrogens with two attached hydrogens (primary N) is 1. The summed E-state index contributed by atoms with van der Waals surface area (Å²) >= 11 is 0. The number of hydrogen-bond acceptors (Lipinski definition) is 5. The Kier molecular flexibility index (Phi) is 9.11. The van der Waals surface area contributed by atoms with E-state index in [0.29, 0.717) is 19.6 Å². The molecule has 3 N–H and O–H groups in total. The van der Waals surface area contributed by atoms with Gasteiger partial charge in [0.2, 0.25) is 5.91 Å². The van der Waals surface area contributed by atoms with Crippen LogP contribution >= 0.6 is 0 Å². The first-order valence-electron chi connectivity index (χ1n) is 11.4. The number of nitrogen functional groups attached to an aromatic ring is 1. The molecular formula is C24H37N5O3. The monoisotopic (exact) mass is 443 g/mol. The Morgan fingerprint density at radius 2 is 1.78 bits per heavy atom. The van der Waals surface area contributed by atoms with Crippen LogP contribution in [0.4, 0.5) is 11.5 Å². The summed E-state index contributed by atoms with van der Waals surface area (Å²) in [5.74, 6) is 0.189. The van der Waals surface area contributed by atoms with Gasteiger partial charge >= 0.3 is 5.69 Å². The van der Waals surface area contributed by atoms with Crippen LogP contribution in [0.2, 0.25) is 0 Å². The molecule has 1 amide bonds. The van der Waals surface area contributed by atoms with Gasteiger partial charge in [0.05, 0.1) is 6.54 Å². The number of rotatable bonds is 11. The third-order valence-electron chi connectivity index (χ3n) is 5.32. The van der Waals surface area contributed by atoms with E-state index in [0.717, 1.165) is 18.4 Å². The highest BCUT2D eigenvalue weighted by Crippen LogP contribution is 2.19. The van der Waals surface area contributed by atoms with Crippen molar-refractivity contribution in [2.24, 2.45) is 5.92 Å². The molecule has 0 saturated heterocycles. The molecule has 8 nitrogen and oxygen atoms in total. The topological polar surface area (TPSA) is 104 Å². The SMILES string of the molecule is CCCCn1c(N)c(N(CC(=O)N(Cc2ccccc2)C(C)C)CC(C)C)c(=O)[nH]c1=O. The predicted molar refractivity (Wildman–Crippen MR) is 130 cm³/mol. The maximum atomic E-state index is 13.4. The minimum atomic E-state index is -0.562. The quantitative estimate of drug-likeness (QED) is 0.556. The second-order valence-electron chi connectivity index (χ2n) is 8.87. The molecule has 2 rings (SSSR count). The molecule has 0 aliphatic heterocycles. The van der Waals surface area contributed by atoms with E-state index in [1.165, 1.54) is 4.57 Å². The van der Waals surface area contributed by atoms with Crippen LogP contribution in [0.15, 0.2) is 39.9 Å². The number of carbonyl (C=O) groups is 1. The first-order chi connectivity index (χ1) is 15.1. The summed E-state index contributed by atoms with van der Waals surface area (Å²) in [6.07, 6.45) is 1.65. The van der Waals surface area contributed by atoms with Crippen LogP contribution < -0.4 is 21.9 Å². The number of H-pyrrole nitrogens is 1. The summed E-state index contributed by atoms with van der Waals surface area (Å²) < 4.78 is 1.39. The first kappa shape index (κ1) is 25.2. The second-order valence-corrected chi connectivity index (χ2v) is 8.87. The number of benzene rings is 1. The molecule has 1 heterocycles. The van der Waals surface area contributed by atoms with Gasteiger partial charge in [0.15, 0.2) is 0 Å². The normalized spacial score (nSPS) is 11.2. The van der Waals surface area contributed by atoms with E-state index in [-0.39, 0.29) is 35.9 Å². The molecule has 0 aliphatic carbocycles. The molecule has 8 heteroatoms. The lowest BCUT2D eigenvalue weighted by Crippen LogP contribution is -2.47. The smallest absolute Gasteiger partial charge is 0.330 e. The predicted octanol–water partition coefficient (Wildman–Crippen LogP) is 2.82. The van der Waals surface area contributed by atoms with Crippen LogP contribution in [0.3, 0.4) is 0 Å². The van der Waals surface area contributed by atoms with Crippen molar-refractivity contribution in [3.63, 3.8) is 0 Å². The molecule has 0 radical (unpaired) electrons. The van der Waals surface area contributed by atoms with Gasteiger partial charge in [0.25, 0.3) is 5.56 Å². The lowest BCUT2D eigenvalue weighted by atomic mass is 10.1. The summed E-state index contributed by atoms with van der Waals surface area (Å²) in [5, 5.41) is 0. The van der Waals surface area contributed by atoms with Crippen molar-refractivity contribution >= 4 is 17.4 Å². The van der Waals surface area contributed by atoms with Gasteiger partial charge in [-0.15, -0.1) is 0 Å². The summed E-state index contributed by atoms with van der Waals surface area (Å²) in [6, 6.07) is 9.80. The first-order valence-corrected chi connectivity index (χ1v) is 11.4. The zero-order valence-corrected chi connectivity index (χ0v) is 19.9. The Hall–Kier alpha value is -3.03. The Morgan fingerprint density at radius 3 is 2.34 bits per heavy atom. The summed E-state index contributed by atoms with van der Waals surface area (Å²) in [6.45, 7) is 11.3. The van der Waals surface area contributed by atoms with Crippen LogP contribution in [0.5, 0.6) is 0 Å². The molecule has 32 heavy (non-hydrogen) atoms. The molecule has 0 fully saturated rings. The van der Waals surface area contributed by atoms with Gasteiger partial charge < -0.3 is 15.5 Å². The zero-order chi connectivity index (χ0) is 23.8. The van der Waals surface area contributed by atoms with Gasteiger partial charge in [-0.25, -0.2) is 4.79 Å². The highest BCUT2D eigenvalue weighted by atomic mass is 16.2. The van der Waals surface area contributed by atoms with Crippen molar-refractivity contribution in [1.82, 2.24) is 14.5 Å². The van der Waals surface area contributed by atoms with E-state index in [1.54, 1.807) is 9.80 Å². The largest absolute Gasteiger partial charge is 0.383 e. The standard InChI is InChI=1S/C24H37N5O3/c1-6-7-13-28-22(25)21(23(31)26-24(28)32)27(14-17(2)3)16-20(30)29(18(4)5)15-19-11-9-8-10-12-19/h8-12,17-18H,6-7,13-16,25H2,1-5H3,(H,26,31,32). The van der Waals surface area contributed by atoms with E-state index < -0.39 is 11.2 Å². The van der Waals surface area contributed by atoms with Crippen molar-refractivity contribution in [2.75, 3.05) is 23.7 Å². The number of aromatic nitrogens is 2. The minimum Gasteiger partial charge on any atom is -0.383 e. The molecule has 176 valence electrons. The van der Waals surface area contributed by atoms with Gasteiger partial charge in [-0.2, -0.15) is 0 Å². The van der Waals surface area contributed by atoms with Crippen LogP contribution in [-0.4, -0.2) is 39.5 Å². The Balaban J connectivity index is 2.40. The molecular weight excluding hydrogens is 406 g/mol. The van der Waals surface area contributed by atoms with Crippen molar-refractivity contribution in [3.05, 3.63) is 56.7 Å². The number of anilines is 2. The molecule has 2 aromatic rings. The van der Waals surface area contributed by atoms with E-state index in [4.69, 9.17) is 5.73 Å². The molecule has 0 unspecified atom stereocenters. The zero-order valence-electron chi connectivity index (χ0n) is 19.9. The van der Waals surface area contributed by atoms with Crippen molar-refractivity contribution in [2.45, 2.75) is 66.6 Å². The lowest BCUT2D eigenvalue weighted by Gasteiger charge is -2.32. The van der Waals surface area contributed by atoms with Crippen LogP contribution in [-0.2, 0) is 17.9 Å². The number of carbonyl (C=O) groups excluding carboxylic acids is 1. The Bertz CT molecular complexity index is 995. The highest BCUT2D eigenvalue weighted by molar-refractivity contribution is 5.83. The highest BCUT2D eigenvalue weighted by Gasteiger charge is 2.25. The van der Waals surface area contributed by atoms with Gasteiger partial charge in [-0.1, -0.05) is 57.5 Å². The third kappa shape index (κ3) is 6.48. The van der Waals surface area contributed by atoms with E-state index in [2.05, 4.69) is 4.98 Å². The van der Waals surface area contributed by atoms with Crippen molar-refractivity contribution in [3.8, 4) is 0 Å². The fraction of sp³-hybridized carbons (Fsp3) is 0.542. The summed E-state index contributed by atoms with van der Waals surface area (Å²) in [7, 11) is 0. The van der Waals surface area contributed by atoms with Crippen molar-refractivity contribution < 1.29 is 4.79 Å². The summed E-state index contributed by atoms with van der Waals surface area (Å²) in [4.78, 5) is 44.3. The molecule has 0 spiro atoms. The second kappa shape index (κ2) is 11.5. The number of amides is 1. The molecule has 0 aliphatic rings. The summed E-state index contributed by atoms with van der Waals surface area (Å²) in [5.41, 5.74) is 6.46. The minimum absolute atomic E-state index is 0.00244. The Labute approximate surface area is 190 Å². The van der Waals surface area contributed by atoms with Gasteiger partial charge in [0, 0.05) is 25.7 Å². The lowest BCUT2D eigenvalue weighted by molar-refractivity contribution is -0.132. The molecule has 0 bridgehead atoms. The maximum Gasteiger partial charge on any atom is 0.330 e. The number of aromatic amines is 1. The number of unbranched alkanes of at least 4 members (excludes halogenated alkanes) is 1. The van der Waals surface area contributed by atoms with Gasteiger partial charge in [-0.3, -0.25) is 19.1 Å². The molecule has 0 atom stereocenters. The molecule has 1 aromatic heterocycles. The average molecular weight is 444 g/mol. The number of hydrogen-bond donors (Lipinski definition) is 2. The third-order valence-corrected chi connectivity index (χ3v) is 5.32. The van der Waals surface area contributed by atoms with E-state index in [1.807, 2.05) is 65.0 Å². The fourth-order valence-corrected chi connectivity index (χ4v) is 3.69. The van der Waals surface area contributed by atoms with Crippen LogP contribution in [0.1, 0.15) is 53.0 Å². The number of nitrogens with zero attached hydrogens (tertiary/aromatic N) is 3. The van der Waals surface area contributed by atoms with Crippen LogP contribution in [0.25, 0.3) is 0 Å². The fourth-order valence-electron chi connectivity index (χ4n) is 3.69. The molecule has 0 saturated carbocycles. The van der Waals surface area contributed by atoms with E-state index in [9.17, 15) is 14.4 Å². The Morgan fingerprint density at radius 1 is 1.12 bits per heavy atom. The maximum absolute atomic E-state index is 13.4. The van der Waals surface area contributed by atoms with Gasteiger partial charge in [0.1, 0.15) is 11.5 Å². The van der Waals surface area contributed by atoms with Crippen molar-refractivity contribution in [1.29, 1.82) is 0 Å². The van der Waals surface area contributed by atoms with E-state index >= 15 is 0 Å². The van der Waals surface area contributed by atoms with Crippen LogP contribution in [0, 0.1) is 5.92 Å².